The van der Waals surface area contributed by atoms with Gasteiger partial charge in [-0.3, -0.25) is 9.58 Å². The van der Waals surface area contributed by atoms with E-state index in [4.69, 9.17) is 4.74 Å². The van der Waals surface area contributed by atoms with Crippen LogP contribution in [-0.4, -0.2) is 62.5 Å². The molecule has 0 aliphatic carbocycles. The van der Waals surface area contributed by atoms with Crippen molar-refractivity contribution in [3.63, 3.8) is 0 Å². The van der Waals surface area contributed by atoms with E-state index in [-0.39, 0.29) is 12.1 Å². The predicted octanol–water partition coefficient (Wildman–Crippen LogP) is 1.18. The molecule has 2 N–H and O–H groups in total. The van der Waals surface area contributed by atoms with Crippen molar-refractivity contribution < 1.29 is 4.74 Å². The van der Waals surface area contributed by atoms with E-state index in [0.29, 0.717) is 6.54 Å². The number of aromatic amines is 1. The van der Waals surface area contributed by atoms with Crippen molar-refractivity contribution in [1.82, 2.24) is 29.6 Å². The average molecular weight is 327 g/mol. The molecule has 0 radical (unpaired) electrons. The van der Waals surface area contributed by atoms with Gasteiger partial charge in [0.2, 0.25) is 0 Å². The van der Waals surface area contributed by atoms with Gasteiger partial charge in [0.05, 0.1) is 29.8 Å². The van der Waals surface area contributed by atoms with Crippen LogP contribution in [0, 0.1) is 0 Å². The number of nitrogens with one attached hydrogen (secondary N) is 2. The fraction of sp³-hybridized carbons (Fsp3) is 0.438. The summed E-state index contributed by atoms with van der Waals surface area (Å²) in [4.78, 5) is 14.0. The van der Waals surface area contributed by atoms with Crippen LogP contribution in [0.2, 0.25) is 0 Å². The molecule has 24 heavy (non-hydrogen) atoms. The summed E-state index contributed by atoms with van der Waals surface area (Å²) in [6.45, 7) is 2.29. The highest BCUT2D eigenvalue weighted by Gasteiger charge is 2.33. The molecular weight excluding hydrogens is 306 g/mol. The lowest BCUT2D eigenvalue weighted by Crippen LogP contribution is -2.46. The molecule has 0 unspecified atom stereocenters. The van der Waals surface area contributed by atoms with Gasteiger partial charge in [-0.1, -0.05) is 0 Å². The molecule has 126 valence electrons. The number of nitrogens with zero attached hydrogens (tertiary/aromatic N) is 5. The Hall–Kier alpha value is -2.45. The standard InChI is InChI=1S/C16H21N7O/c1-22-7-8-24-13(14(22)12-4-6-21-23(12)2)9-18-16-11-3-5-17-15(11)19-10-20-16/h3-6,10,13-14H,7-9H2,1-2H3,(H2,17,18,19,20)/t13-,14-/m0/s1. The molecule has 1 aliphatic rings. The minimum Gasteiger partial charge on any atom is -0.373 e. The maximum atomic E-state index is 6.06. The number of hydrogen-bond acceptors (Lipinski definition) is 6. The van der Waals surface area contributed by atoms with Gasteiger partial charge >= 0.3 is 0 Å². The predicted molar refractivity (Wildman–Crippen MR) is 90.7 cm³/mol. The highest BCUT2D eigenvalue weighted by Crippen LogP contribution is 2.28. The molecule has 0 aromatic carbocycles. The summed E-state index contributed by atoms with van der Waals surface area (Å²) in [6, 6.07) is 4.18. The number of H-pyrrole nitrogens is 1. The van der Waals surface area contributed by atoms with Crippen molar-refractivity contribution in [1.29, 1.82) is 0 Å². The molecule has 0 amide bonds. The first-order valence-electron chi connectivity index (χ1n) is 8.06. The topological polar surface area (TPSA) is 83.9 Å². The van der Waals surface area contributed by atoms with Gasteiger partial charge in [0.25, 0.3) is 0 Å². The van der Waals surface area contributed by atoms with Crippen LogP contribution in [0.4, 0.5) is 5.82 Å². The number of morpholine rings is 1. The van der Waals surface area contributed by atoms with E-state index in [1.165, 1.54) is 0 Å². The van der Waals surface area contributed by atoms with Gasteiger partial charge in [0, 0.05) is 32.5 Å². The summed E-state index contributed by atoms with van der Waals surface area (Å²) in [7, 11) is 4.10. The monoisotopic (exact) mass is 327 g/mol. The number of hydrogen-bond donors (Lipinski definition) is 2. The first-order chi connectivity index (χ1) is 11.7. The zero-order valence-corrected chi connectivity index (χ0v) is 13.8. The molecule has 8 nitrogen and oxygen atoms in total. The lowest BCUT2D eigenvalue weighted by molar-refractivity contribution is -0.0581. The molecule has 1 fully saturated rings. The van der Waals surface area contributed by atoms with Crippen molar-refractivity contribution >= 4 is 16.9 Å². The molecule has 0 bridgehead atoms. The Morgan fingerprint density at radius 3 is 3.08 bits per heavy atom. The van der Waals surface area contributed by atoms with E-state index in [1.54, 1.807) is 6.33 Å². The molecule has 0 saturated carbocycles. The van der Waals surface area contributed by atoms with Crippen LogP contribution in [0.3, 0.4) is 0 Å². The summed E-state index contributed by atoms with van der Waals surface area (Å²) in [5, 5.41) is 8.71. The molecule has 8 heteroatoms. The maximum absolute atomic E-state index is 6.06. The molecule has 1 aliphatic heterocycles. The van der Waals surface area contributed by atoms with E-state index in [9.17, 15) is 0 Å². The van der Waals surface area contributed by atoms with Crippen LogP contribution in [0.5, 0.6) is 0 Å². The van der Waals surface area contributed by atoms with Crippen molar-refractivity contribution in [2.45, 2.75) is 12.1 Å². The third-order valence-electron chi connectivity index (χ3n) is 4.59. The Morgan fingerprint density at radius 1 is 1.33 bits per heavy atom. The summed E-state index contributed by atoms with van der Waals surface area (Å²) in [6.07, 6.45) is 5.28. The Balaban J connectivity index is 1.56. The van der Waals surface area contributed by atoms with Gasteiger partial charge in [-0.2, -0.15) is 5.10 Å². The normalized spacial score (nSPS) is 22.1. The van der Waals surface area contributed by atoms with Crippen molar-refractivity contribution in [2.24, 2.45) is 7.05 Å². The molecule has 1 saturated heterocycles. The second-order valence-electron chi connectivity index (χ2n) is 6.06. The molecule has 3 aromatic heterocycles. The largest absolute Gasteiger partial charge is 0.373 e. The van der Waals surface area contributed by atoms with Gasteiger partial charge in [-0.15, -0.1) is 0 Å². The fourth-order valence-electron chi connectivity index (χ4n) is 3.33. The van der Waals surface area contributed by atoms with Crippen LogP contribution in [0.15, 0.2) is 30.9 Å². The number of rotatable bonds is 4. The van der Waals surface area contributed by atoms with Gasteiger partial charge in [0.1, 0.15) is 17.8 Å². The average Bonchev–Trinajstić information content (AvgIpc) is 3.22. The smallest absolute Gasteiger partial charge is 0.142 e. The van der Waals surface area contributed by atoms with E-state index >= 15 is 0 Å². The highest BCUT2D eigenvalue weighted by molar-refractivity contribution is 5.86. The Kier molecular flexibility index (Phi) is 3.91. The van der Waals surface area contributed by atoms with E-state index < -0.39 is 0 Å². The number of ether oxygens (including phenoxy) is 1. The molecule has 2 atom stereocenters. The number of anilines is 1. The quantitative estimate of drug-likeness (QED) is 0.748. The van der Waals surface area contributed by atoms with Crippen molar-refractivity contribution in [3.8, 4) is 0 Å². The molecule has 4 rings (SSSR count). The van der Waals surface area contributed by atoms with E-state index in [1.807, 2.05) is 30.2 Å². The SMILES string of the molecule is CN1CCO[C@@H](CNc2ncnc3[nH]ccc23)[C@@H]1c1ccnn1C. The third-order valence-corrected chi connectivity index (χ3v) is 4.59. The maximum Gasteiger partial charge on any atom is 0.142 e. The molecule has 4 heterocycles. The molecule has 0 spiro atoms. The summed E-state index contributed by atoms with van der Waals surface area (Å²) >= 11 is 0. The minimum atomic E-state index is 0.0168. The Labute approximate surface area is 139 Å². The lowest BCUT2D eigenvalue weighted by Gasteiger charge is -2.39. The van der Waals surface area contributed by atoms with Gasteiger partial charge in [-0.25, -0.2) is 9.97 Å². The van der Waals surface area contributed by atoms with Crippen molar-refractivity contribution in [3.05, 3.63) is 36.5 Å². The zero-order chi connectivity index (χ0) is 16.5. The van der Waals surface area contributed by atoms with Gasteiger partial charge < -0.3 is 15.0 Å². The number of aryl methyl sites for hydroxylation is 1. The Bertz CT molecular complexity index is 827. The number of likely N-dealkylation sites (N-methyl/N-ethyl adjacent to an activating group) is 1. The van der Waals surface area contributed by atoms with Gasteiger partial charge in [-0.05, 0) is 19.2 Å². The number of aromatic nitrogens is 5. The van der Waals surface area contributed by atoms with Crippen LogP contribution < -0.4 is 5.32 Å². The second kappa shape index (κ2) is 6.21. The first-order valence-corrected chi connectivity index (χ1v) is 8.06. The Morgan fingerprint density at radius 2 is 2.25 bits per heavy atom. The lowest BCUT2D eigenvalue weighted by atomic mass is 10.0. The van der Waals surface area contributed by atoms with Crippen LogP contribution in [-0.2, 0) is 11.8 Å². The summed E-state index contributed by atoms with van der Waals surface area (Å²) in [5.41, 5.74) is 1.98. The van der Waals surface area contributed by atoms with Crippen molar-refractivity contribution in [2.75, 3.05) is 32.1 Å². The summed E-state index contributed by atoms with van der Waals surface area (Å²) in [5.74, 6) is 0.821. The fourth-order valence-corrected chi connectivity index (χ4v) is 3.33. The van der Waals surface area contributed by atoms with E-state index in [0.717, 1.165) is 35.7 Å². The minimum absolute atomic E-state index is 0.0168. The number of fused-ring (bicyclic) bond motifs is 1. The second-order valence-corrected chi connectivity index (χ2v) is 6.06. The molecular formula is C16H21N7O. The third kappa shape index (κ3) is 2.63. The van der Waals surface area contributed by atoms with Crippen LogP contribution in [0.1, 0.15) is 11.7 Å². The molecule has 3 aromatic rings. The summed E-state index contributed by atoms with van der Waals surface area (Å²) < 4.78 is 7.97. The van der Waals surface area contributed by atoms with E-state index in [2.05, 4.69) is 43.4 Å². The highest BCUT2D eigenvalue weighted by atomic mass is 16.5. The zero-order valence-electron chi connectivity index (χ0n) is 13.8. The first kappa shape index (κ1) is 15.1. The van der Waals surface area contributed by atoms with Crippen LogP contribution >= 0.6 is 0 Å². The van der Waals surface area contributed by atoms with Gasteiger partial charge in [0.15, 0.2) is 0 Å². The van der Waals surface area contributed by atoms with Crippen LogP contribution in [0.25, 0.3) is 11.0 Å².